The van der Waals surface area contributed by atoms with Gasteiger partial charge in [0.05, 0.1) is 23.8 Å². The molecule has 8 heteroatoms. The maximum atomic E-state index is 15.1. The van der Waals surface area contributed by atoms with E-state index in [1.165, 1.54) is 16.7 Å². The molecule has 0 radical (unpaired) electrons. The fourth-order valence-corrected chi connectivity index (χ4v) is 4.68. The van der Waals surface area contributed by atoms with Crippen LogP contribution in [0, 0.1) is 5.82 Å². The number of pyridine rings is 1. The maximum Gasteiger partial charge on any atom is 0.251 e. The Bertz CT molecular complexity index is 1350. The van der Waals surface area contributed by atoms with E-state index in [0.29, 0.717) is 46.2 Å². The summed E-state index contributed by atoms with van der Waals surface area (Å²) in [5.41, 5.74) is 7.98. The molecule has 1 aliphatic heterocycles. The van der Waals surface area contributed by atoms with Crippen LogP contribution in [-0.4, -0.2) is 22.4 Å². The zero-order chi connectivity index (χ0) is 25.3. The van der Waals surface area contributed by atoms with Crippen molar-refractivity contribution in [3.8, 4) is 11.1 Å². The monoisotopic (exact) mass is 496 g/mol. The molecule has 0 bridgehead atoms. The van der Waals surface area contributed by atoms with Gasteiger partial charge in [-0.05, 0) is 54.7 Å². The van der Waals surface area contributed by atoms with Gasteiger partial charge in [0.15, 0.2) is 5.78 Å². The van der Waals surface area contributed by atoms with Gasteiger partial charge >= 0.3 is 0 Å². The van der Waals surface area contributed by atoms with Crippen LogP contribution in [-0.2, 0) is 29.0 Å². The van der Waals surface area contributed by atoms with Crippen LogP contribution in [0.2, 0.25) is 5.02 Å². The highest BCUT2D eigenvalue weighted by Gasteiger charge is 2.26. The Kier molecular flexibility index (Phi) is 7.19. The lowest BCUT2D eigenvalue weighted by atomic mass is 9.92. The molecule has 1 aromatic heterocycles. The molecule has 0 unspecified atom stereocenters. The van der Waals surface area contributed by atoms with Crippen molar-refractivity contribution in [2.24, 2.45) is 5.73 Å². The predicted octanol–water partition coefficient (Wildman–Crippen LogP) is 4.63. The van der Waals surface area contributed by atoms with Gasteiger partial charge in [-0.1, -0.05) is 36.7 Å². The average Bonchev–Trinajstić information content (AvgIpc) is 2.81. The normalized spacial score (nSPS) is 15.9. The first kappa shape index (κ1) is 24.8. The standard InChI is InChI=1S/C27H26ClFN2O4/c1-3-22(23(32)11-16-4-6-17(7-5-16)27(30)34)31-13-19-14-35-15(2)10-18-8-9-21(28)26(29)25(18)20(19)12-24(31)33/h4-9,12-13,15,22H,3,10-11,14H2,1-2H3,(H2,30,34)/t15-,22+/m1/s1. The number of hydrogen-bond donors (Lipinski definition) is 1. The molecule has 3 aromatic rings. The van der Waals surface area contributed by atoms with Crippen molar-refractivity contribution in [2.45, 2.75) is 51.9 Å². The molecule has 6 nitrogen and oxygen atoms in total. The van der Waals surface area contributed by atoms with Crippen LogP contribution in [0.5, 0.6) is 0 Å². The number of amides is 1. The van der Waals surface area contributed by atoms with Crippen LogP contribution in [0.3, 0.4) is 0 Å². The lowest BCUT2D eigenvalue weighted by molar-refractivity contribution is -0.121. The van der Waals surface area contributed by atoms with Crippen molar-refractivity contribution in [2.75, 3.05) is 0 Å². The summed E-state index contributed by atoms with van der Waals surface area (Å²) in [7, 11) is 0. The Labute approximate surface area is 207 Å². The van der Waals surface area contributed by atoms with Gasteiger partial charge in [0.1, 0.15) is 5.82 Å². The SMILES string of the molecule is CC[C@@H](C(=O)Cc1ccc(C(N)=O)cc1)n1cc2c(cc1=O)-c1c(ccc(Cl)c1F)C[C@@H](C)OC2. The third-order valence-corrected chi connectivity index (χ3v) is 6.65. The number of ether oxygens (including phenoxy) is 1. The maximum absolute atomic E-state index is 15.1. The second kappa shape index (κ2) is 10.1. The average molecular weight is 497 g/mol. The van der Waals surface area contributed by atoms with E-state index in [-0.39, 0.29) is 29.9 Å². The second-order valence-electron chi connectivity index (χ2n) is 8.81. The first-order chi connectivity index (χ1) is 16.7. The summed E-state index contributed by atoms with van der Waals surface area (Å²) in [4.78, 5) is 37.7. The number of primary amides is 1. The Morgan fingerprint density at radius 2 is 1.91 bits per heavy atom. The van der Waals surface area contributed by atoms with E-state index < -0.39 is 23.3 Å². The number of rotatable bonds is 6. The van der Waals surface area contributed by atoms with E-state index in [0.717, 1.165) is 0 Å². The zero-order valence-corrected chi connectivity index (χ0v) is 20.3. The van der Waals surface area contributed by atoms with E-state index in [1.807, 2.05) is 13.8 Å². The van der Waals surface area contributed by atoms with E-state index in [9.17, 15) is 14.4 Å². The van der Waals surface area contributed by atoms with Gasteiger partial charge < -0.3 is 15.0 Å². The molecule has 0 fully saturated rings. The lowest BCUT2D eigenvalue weighted by Gasteiger charge is -2.25. The van der Waals surface area contributed by atoms with Crippen molar-refractivity contribution < 1.29 is 18.7 Å². The number of carbonyl (C=O) groups is 2. The van der Waals surface area contributed by atoms with Crippen molar-refractivity contribution in [1.29, 1.82) is 0 Å². The number of Topliss-reactive ketones (excluding diaryl/α,β-unsaturated/α-hetero) is 1. The van der Waals surface area contributed by atoms with Crippen LogP contribution >= 0.6 is 11.6 Å². The van der Waals surface area contributed by atoms with Crippen LogP contribution in [0.25, 0.3) is 11.1 Å². The van der Waals surface area contributed by atoms with E-state index in [2.05, 4.69) is 0 Å². The van der Waals surface area contributed by atoms with Crippen molar-refractivity contribution in [3.63, 3.8) is 0 Å². The van der Waals surface area contributed by atoms with E-state index in [1.54, 1.807) is 36.5 Å². The largest absolute Gasteiger partial charge is 0.373 e. The number of ketones is 1. The first-order valence-corrected chi connectivity index (χ1v) is 11.8. The predicted molar refractivity (Wildman–Crippen MR) is 132 cm³/mol. The minimum absolute atomic E-state index is 0.0167. The Balaban J connectivity index is 1.73. The number of fused-ring (bicyclic) bond motifs is 3. The number of aromatic nitrogens is 1. The van der Waals surface area contributed by atoms with Gasteiger partial charge in [0, 0.05) is 35.4 Å². The van der Waals surface area contributed by atoms with E-state index in [4.69, 9.17) is 22.1 Å². The summed E-state index contributed by atoms with van der Waals surface area (Å²) in [6, 6.07) is 10.4. The molecule has 0 spiro atoms. The lowest BCUT2D eigenvalue weighted by Crippen LogP contribution is -2.31. The first-order valence-electron chi connectivity index (χ1n) is 11.4. The van der Waals surface area contributed by atoms with Crippen LogP contribution in [0.15, 0.2) is 53.5 Å². The van der Waals surface area contributed by atoms with Gasteiger partial charge in [-0.25, -0.2) is 4.39 Å². The van der Waals surface area contributed by atoms with Crippen LogP contribution in [0.4, 0.5) is 4.39 Å². The smallest absolute Gasteiger partial charge is 0.251 e. The Hall–Kier alpha value is -3.29. The number of benzene rings is 2. The Morgan fingerprint density at radius 3 is 2.57 bits per heavy atom. The number of nitrogens with zero attached hydrogens (tertiary/aromatic N) is 1. The highest BCUT2D eigenvalue weighted by Crippen LogP contribution is 2.36. The number of carbonyl (C=O) groups excluding carboxylic acids is 2. The van der Waals surface area contributed by atoms with Crippen LogP contribution in [0.1, 0.15) is 53.4 Å². The highest BCUT2D eigenvalue weighted by atomic mass is 35.5. The molecule has 35 heavy (non-hydrogen) atoms. The molecule has 2 aromatic carbocycles. The fraction of sp³-hybridized carbons (Fsp3) is 0.296. The van der Waals surface area contributed by atoms with Crippen molar-refractivity contribution >= 4 is 23.3 Å². The van der Waals surface area contributed by atoms with Crippen molar-refractivity contribution in [3.05, 3.63) is 92.1 Å². The minimum atomic E-state index is -0.713. The molecule has 0 saturated heterocycles. The topological polar surface area (TPSA) is 91.4 Å². The zero-order valence-electron chi connectivity index (χ0n) is 19.5. The molecule has 4 rings (SSSR count). The summed E-state index contributed by atoms with van der Waals surface area (Å²) in [6.45, 7) is 3.90. The third-order valence-electron chi connectivity index (χ3n) is 6.36. The molecule has 0 aliphatic carbocycles. The third kappa shape index (κ3) is 5.06. The molecular formula is C27H26ClFN2O4. The molecule has 2 N–H and O–H groups in total. The molecule has 2 atom stereocenters. The summed E-state index contributed by atoms with van der Waals surface area (Å²) < 4.78 is 22.5. The summed E-state index contributed by atoms with van der Waals surface area (Å²) >= 11 is 6.07. The fourth-order valence-electron chi connectivity index (χ4n) is 4.52. The van der Waals surface area contributed by atoms with Gasteiger partial charge in [-0.3, -0.25) is 14.4 Å². The van der Waals surface area contributed by atoms with Gasteiger partial charge in [-0.2, -0.15) is 0 Å². The van der Waals surface area contributed by atoms with Gasteiger partial charge in [0.2, 0.25) is 5.91 Å². The molecular weight excluding hydrogens is 471 g/mol. The number of halogens is 2. The number of hydrogen-bond acceptors (Lipinski definition) is 4. The number of nitrogens with two attached hydrogens (primary N) is 1. The van der Waals surface area contributed by atoms with Crippen molar-refractivity contribution in [1.82, 2.24) is 4.57 Å². The minimum Gasteiger partial charge on any atom is -0.373 e. The molecule has 0 saturated carbocycles. The molecule has 1 amide bonds. The van der Waals surface area contributed by atoms with Gasteiger partial charge in [0.25, 0.3) is 5.56 Å². The highest BCUT2D eigenvalue weighted by molar-refractivity contribution is 6.31. The summed E-state index contributed by atoms with van der Waals surface area (Å²) in [5.74, 6) is -1.27. The van der Waals surface area contributed by atoms with Crippen LogP contribution < -0.4 is 11.3 Å². The van der Waals surface area contributed by atoms with E-state index >= 15 is 4.39 Å². The summed E-state index contributed by atoms with van der Waals surface area (Å²) in [6.07, 6.45) is 2.39. The molecule has 1 aliphatic rings. The second-order valence-corrected chi connectivity index (χ2v) is 9.21. The molecule has 182 valence electrons. The Morgan fingerprint density at radius 1 is 1.20 bits per heavy atom. The van der Waals surface area contributed by atoms with Gasteiger partial charge in [-0.15, -0.1) is 0 Å². The molecule has 2 heterocycles. The summed E-state index contributed by atoms with van der Waals surface area (Å²) in [5, 5.41) is -0.0167. The quantitative estimate of drug-likeness (QED) is 0.538.